The summed E-state index contributed by atoms with van der Waals surface area (Å²) in [5, 5.41) is 3.23. The van der Waals surface area contributed by atoms with E-state index >= 15 is 0 Å². The van der Waals surface area contributed by atoms with Gasteiger partial charge in [0.2, 0.25) is 0 Å². The molecule has 0 radical (unpaired) electrons. The summed E-state index contributed by atoms with van der Waals surface area (Å²) in [5.41, 5.74) is 0.999. The van der Waals surface area contributed by atoms with Gasteiger partial charge in [-0.3, -0.25) is 0 Å². The van der Waals surface area contributed by atoms with Crippen LogP contribution in [0.2, 0.25) is 0 Å². The normalized spacial score (nSPS) is 22.0. The van der Waals surface area contributed by atoms with Crippen molar-refractivity contribution < 1.29 is 14.3 Å². The lowest BCUT2D eigenvalue weighted by molar-refractivity contribution is 0.0993. The summed E-state index contributed by atoms with van der Waals surface area (Å²) in [6.45, 7) is 2.30. The van der Waals surface area contributed by atoms with Crippen LogP contribution in [0.15, 0.2) is 30.3 Å². The van der Waals surface area contributed by atoms with Gasteiger partial charge in [-0.15, -0.1) is 0 Å². The molecular weight excluding hydrogens is 256 g/mol. The van der Waals surface area contributed by atoms with Crippen molar-refractivity contribution in [2.45, 2.75) is 12.6 Å². The number of likely N-dealkylation sites (tertiary alicyclic amines) is 1. The van der Waals surface area contributed by atoms with Gasteiger partial charge in [-0.1, -0.05) is 30.3 Å². The molecule has 1 aromatic carbocycles. The summed E-state index contributed by atoms with van der Waals surface area (Å²) in [7, 11) is 3.59. The zero-order valence-corrected chi connectivity index (χ0v) is 12.0. The van der Waals surface area contributed by atoms with Crippen molar-refractivity contribution in [3.8, 4) is 0 Å². The number of benzene rings is 1. The number of amides is 1. The maximum absolute atomic E-state index is 12.1. The van der Waals surface area contributed by atoms with Gasteiger partial charge in [-0.2, -0.15) is 0 Å². The minimum Gasteiger partial charge on any atom is -0.445 e. The van der Waals surface area contributed by atoms with Crippen LogP contribution in [0.4, 0.5) is 4.79 Å². The number of likely N-dealkylation sites (N-methyl/N-ethyl adjacent to an activating group) is 1. The van der Waals surface area contributed by atoms with Crippen molar-refractivity contribution >= 4 is 6.09 Å². The molecule has 1 fully saturated rings. The Labute approximate surface area is 119 Å². The molecule has 1 heterocycles. The summed E-state index contributed by atoms with van der Waals surface area (Å²) in [5.74, 6) is 0.314. The first-order chi connectivity index (χ1) is 9.74. The van der Waals surface area contributed by atoms with Crippen molar-refractivity contribution in [1.82, 2.24) is 10.2 Å². The zero-order valence-electron chi connectivity index (χ0n) is 12.0. The lowest BCUT2D eigenvalue weighted by Gasteiger charge is -2.16. The molecule has 1 N–H and O–H groups in total. The van der Waals surface area contributed by atoms with Gasteiger partial charge < -0.3 is 19.7 Å². The molecule has 2 unspecified atom stereocenters. The minimum absolute atomic E-state index is 0.257. The monoisotopic (exact) mass is 278 g/mol. The van der Waals surface area contributed by atoms with Crippen LogP contribution in [-0.4, -0.2) is 50.9 Å². The summed E-state index contributed by atoms with van der Waals surface area (Å²) < 4.78 is 10.5. The Balaban J connectivity index is 1.84. The van der Waals surface area contributed by atoms with E-state index in [0.29, 0.717) is 32.2 Å². The maximum atomic E-state index is 12.1. The number of methoxy groups -OCH3 is 1. The van der Waals surface area contributed by atoms with Gasteiger partial charge in [0.15, 0.2) is 0 Å². The van der Waals surface area contributed by atoms with Crippen LogP contribution in [0.25, 0.3) is 0 Å². The van der Waals surface area contributed by atoms with Crippen LogP contribution in [0.1, 0.15) is 5.56 Å². The van der Waals surface area contributed by atoms with Gasteiger partial charge >= 0.3 is 6.09 Å². The molecule has 1 aliphatic rings. The van der Waals surface area contributed by atoms with E-state index in [2.05, 4.69) is 5.32 Å². The molecule has 1 saturated heterocycles. The van der Waals surface area contributed by atoms with E-state index < -0.39 is 0 Å². The van der Waals surface area contributed by atoms with Gasteiger partial charge in [0.1, 0.15) is 6.61 Å². The van der Waals surface area contributed by atoms with Gasteiger partial charge in [0.05, 0.1) is 6.61 Å². The third-order valence-corrected chi connectivity index (χ3v) is 3.66. The van der Waals surface area contributed by atoms with Crippen molar-refractivity contribution in [3.63, 3.8) is 0 Å². The standard InChI is InChI=1S/C15H22N2O3/c1-16-14-9-17(8-13(14)11-19-2)15(18)20-10-12-6-4-3-5-7-12/h3-7,13-14,16H,8-11H2,1-2H3. The molecule has 5 heteroatoms. The molecule has 1 aliphatic heterocycles. The Morgan fingerprint density at radius 2 is 2.10 bits per heavy atom. The molecule has 110 valence electrons. The second-order valence-electron chi connectivity index (χ2n) is 5.06. The average Bonchev–Trinajstić information content (AvgIpc) is 2.89. The van der Waals surface area contributed by atoms with E-state index in [1.807, 2.05) is 37.4 Å². The Morgan fingerprint density at radius 3 is 2.75 bits per heavy atom. The van der Waals surface area contributed by atoms with Crippen LogP contribution in [0.3, 0.4) is 0 Å². The van der Waals surface area contributed by atoms with Crippen molar-refractivity contribution in [1.29, 1.82) is 0 Å². The van der Waals surface area contributed by atoms with Crippen molar-refractivity contribution in [2.75, 3.05) is 33.9 Å². The Morgan fingerprint density at radius 1 is 1.35 bits per heavy atom. The number of carbonyl (C=O) groups is 1. The SMILES string of the molecule is CNC1CN(C(=O)OCc2ccccc2)CC1COC. The lowest BCUT2D eigenvalue weighted by atomic mass is 10.1. The number of ether oxygens (including phenoxy) is 2. The molecule has 2 atom stereocenters. The maximum Gasteiger partial charge on any atom is 0.410 e. The number of hydrogen-bond donors (Lipinski definition) is 1. The fraction of sp³-hybridized carbons (Fsp3) is 0.533. The zero-order chi connectivity index (χ0) is 14.4. The van der Waals surface area contributed by atoms with Gasteiger partial charge in [-0.05, 0) is 12.6 Å². The van der Waals surface area contributed by atoms with Crippen molar-refractivity contribution in [2.24, 2.45) is 5.92 Å². The molecule has 0 aromatic heterocycles. The molecule has 0 bridgehead atoms. The van der Waals surface area contributed by atoms with Crippen LogP contribution < -0.4 is 5.32 Å². The predicted octanol–water partition coefficient (Wildman–Crippen LogP) is 1.49. The fourth-order valence-electron chi connectivity index (χ4n) is 2.54. The van der Waals surface area contributed by atoms with Gasteiger partial charge in [0, 0.05) is 32.2 Å². The van der Waals surface area contributed by atoms with E-state index in [0.717, 1.165) is 5.56 Å². The highest BCUT2D eigenvalue weighted by Gasteiger charge is 2.34. The number of hydrogen-bond acceptors (Lipinski definition) is 4. The first-order valence-corrected chi connectivity index (χ1v) is 6.86. The van der Waals surface area contributed by atoms with E-state index in [1.165, 1.54) is 0 Å². The third-order valence-electron chi connectivity index (χ3n) is 3.66. The molecule has 1 amide bonds. The second-order valence-corrected chi connectivity index (χ2v) is 5.06. The lowest BCUT2D eigenvalue weighted by Crippen LogP contribution is -2.36. The fourth-order valence-corrected chi connectivity index (χ4v) is 2.54. The minimum atomic E-state index is -0.257. The number of rotatable bonds is 5. The molecule has 0 saturated carbocycles. The quantitative estimate of drug-likeness (QED) is 0.886. The molecule has 0 aliphatic carbocycles. The highest BCUT2D eigenvalue weighted by molar-refractivity contribution is 5.68. The number of carbonyl (C=O) groups excluding carboxylic acids is 1. The molecule has 20 heavy (non-hydrogen) atoms. The van der Waals surface area contributed by atoms with Gasteiger partial charge in [-0.25, -0.2) is 4.79 Å². The Kier molecular flexibility index (Phi) is 5.38. The molecule has 5 nitrogen and oxygen atoms in total. The highest BCUT2D eigenvalue weighted by Crippen LogP contribution is 2.18. The molecule has 2 rings (SSSR count). The van der Waals surface area contributed by atoms with Crippen LogP contribution in [0.5, 0.6) is 0 Å². The molecule has 1 aromatic rings. The third kappa shape index (κ3) is 3.71. The van der Waals surface area contributed by atoms with Gasteiger partial charge in [0.25, 0.3) is 0 Å². The second kappa shape index (κ2) is 7.26. The molecule has 0 spiro atoms. The topological polar surface area (TPSA) is 50.8 Å². The smallest absolute Gasteiger partial charge is 0.410 e. The van der Waals surface area contributed by atoms with E-state index in [4.69, 9.17) is 9.47 Å². The molecular formula is C15H22N2O3. The predicted molar refractivity (Wildman–Crippen MR) is 76.4 cm³/mol. The largest absolute Gasteiger partial charge is 0.445 e. The first kappa shape index (κ1) is 14.8. The number of nitrogens with one attached hydrogen (secondary N) is 1. The summed E-state index contributed by atoms with van der Waals surface area (Å²) in [4.78, 5) is 13.8. The first-order valence-electron chi connectivity index (χ1n) is 6.86. The van der Waals surface area contributed by atoms with E-state index in [1.54, 1.807) is 12.0 Å². The van der Waals surface area contributed by atoms with Crippen molar-refractivity contribution in [3.05, 3.63) is 35.9 Å². The Hall–Kier alpha value is -1.59. The number of nitrogens with zero attached hydrogens (tertiary/aromatic N) is 1. The average molecular weight is 278 g/mol. The highest BCUT2D eigenvalue weighted by atomic mass is 16.6. The van der Waals surface area contributed by atoms with E-state index in [-0.39, 0.29) is 12.1 Å². The summed E-state index contributed by atoms with van der Waals surface area (Å²) in [6.07, 6.45) is -0.257. The summed E-state index contributed by atoms with van der Waals surface area (Å²) in [6, 6.07) is 9.97. The van der Waals surface area contributed by atoms with Crippen LogP contribution in [-0.2, 0) is 16.1 Å². The van der Waals surface area contributed by atoms with E-state index in [9.17, 15) is 4.79 Å². The van der Waals surface area contributed by atoms with Crippen LogP contribution in [0, 0.1) is 5.92 Å². The van der Waals surface area contributed by atoms with Crippen LogP contribution >= 0.6 is 0 Å². The summed E-state index contributed by atoms with van der Waals surface area (Å²) >= 11 is 0. The Bertz CT molecular complexity index is 424.